The summed E-state index contributed by atoms with van der Waals surface area (Å²) in [6.45, 7) is 3.60. The molecule has 1 atom stereocenters. The Labute approximate surface area is 280 Å². The van der Waals surface area contributed by atoms with Crippen molar-refractivity contribution in [1.29, 1.82) is 0 Å². The number of carbonyl (C=O) groups excluding carboxylic acids is 2. The lowest BCUT2D eigenvalue weighted by Crippen LogP contribution is -2.53. The van der Waals surface area contributed by atoms with Crippen molar-refractivity contribution in [3.8, 4) is 5.75 Å². The predicted molar refractivity (Wildman–Crippen MR) is 183 cm³/mol. The minimum atomic E-state index is -4.23. The highest BCUT2D eigenvalue weighted by Gasteiger charge is 2.35. The second-order valence-electron chi connectivity index (χ2n) is 11.1. The molecule has 46 heavy (non-hydrogen) atoms. The van der Waals surface area contributed by atoms with Crippen molar-refractivity contribution in [1.82, 2.24) is 10.2 Å². The number of methoxy groups -OCH3 is 1. The van der Waals surface area contributed by atoms with Crippen LogP contribution in [0.15, 0.2) is 108 Å². The van der Waals surface area contributed by atoms with Crippen LogP contribution in [0, 0.1) is 5.92 Å². The third-order valence-corrected chi connectivity index (χ3v) is 9.81. The van der Waals surface area contributed by atoms with Crippen LogP contribution < -0.4 is 14.4 Å². The Hall–Kier alpha value is -4.05. The molecule has 4 aromatic rings. The van der Waals surface area contributed by atoms with E-state index in [4.69, 9.17) is 27.9 Å². The number of halogens is 2. The van der Waals surface area contributed by atoms with E-state index in [0.717, 1.165) is 9.87 Å². The quantitative estimate of drug-likeness (QED) is 0.162. The van der Waals surface area contributed by atoms with Crippen LogP contribution in [0.25, 0.3) is 0 Å². The number of carbonyl (C=O) groups is 2. The van der Waals surface area contributed by atoms with Crippen molar-refractivity contribution in [3.63, 3.8) is 0 Å². The SMILES string of the molecule is COc1ccc(N(CC(=O)N(Cc2c(Cl)cccc2Cl)[C@H](Cc2ccccc2)C(=O)NCC(C)C)S(=O)(=O)c2ccccc2)cc1. The van der Waals surface area contributed by atoms with Gasteiger partial charge < -0.3 is 15.0 Å². The summed E-state index contributed by atoms with van der Waals surface area (Å²) in [7, 11) is -2.72. The van der Waals surface area contributed by atoms with E-state index in [1.165, 1.54) is 24.1 Å². The number of hydrogen-bond donors (Lipinski definition) is 1. The highest BCUT2D eigenvalue weighted by atomic mass is 35.5. The van der Waals surface area contributed by atoms with Gasteiger partial charge in [-0.05, 0) is 60.0 Å². The molecule has 0 unspecified atom stereocenters. The maximum absolute atomic E-state index is 14.6. The Balaban J connectivity index is 1.82. The molecule has 242 valence electrons. The molecule has 0 aliphatic carbocycles. The van der Waals surface area contributed by atoms with E-state index in [0.29, 0.717) is 27.9 Å². The maximum atomic E-state index is 14.6. The van der Waals surface area contributed by atoms with Gasteiger partial charge in [0.1, 0.15) is 18.3 Å². The van der Waals surface area contributed by atoms with Gasteiger partial charge in [0.25, 0.3) is 10.0 Å². The van der Waals surface area contributed by atoms with E-state index >= 15 is 0 Å². The summed E-state index contributed by atoms with van der Waals surface area (Å²) in [6.07, 6.45) is 0.173. The molecule has 4 aromatic carbocycles. The van der Waals surface area contributed by atoms with E-state index in [2.05, 4.69) is 5.32 Å². The number of rotatable bonds is 14. The Morgan fingerprint density at radius 2 is 1.41 bits per heavy atom. The zero-order chi connectivity index (χ0) is 33.3. The van der Waals surface area contributed by atoms with Crippen LogP contribution in [0.3, 0.4) is 0 Å². The van der Waals surface area contributed by atoms with Gasteiger partial charge in [-0.1, -0.05) is 91.6 Å². The van der Waals surface area contributed by atoms with Gasteiger partial charge in [-0.25, -0.2) is 8.42 Å². The summed E-state index contributed by atoms with van der Waals surface area (Å²) >= 11 is 13.1. The first-order valence-electron chi connectivity index (χ1n) is 14.8. The number of benzene rings is 4. The molecule has 0 radical (unpaired) electrons. The van der Waals surface area contributed by atoms with Crippen molar-refractivity contribution in [2.45, 2.75) is 37.8 Å². The van der Waals surface area contributed by atoms with Gasteiger partial charge in [-0.2, -0.15) is 0 Å². The Morgan fingerprint density at radius 1 is 0.826 bits per heavy atom. The fourth-order valence-electron chi connectivity index (χ4n) is 4.83. The molecule has 1 N–H and O–H groups in total. The monoisotopic (exact) mass is 681 g/mol. The lowest BCUT2D eigenvalue weighted by molar-refractivity contribution is -0.140. The smallest absolute Gasteiger partial charge is 0.264 e. The number of ether oxygens (including phenoxy) is 1. The molecule has 4 rings (SSSR count). The molecule has 11 heteroatoms. The molecule has 0 heterocycles. The predicted octanol–water partition coefficient (Wildman–Crippen LogP) is 6.61. The maximum Gasteiger partial charge on any atom is 0.264 e. The molecule has 0 saturated carbocycles. The summed E-state index contributed by atoms with van der Waals surface area (Å²) in [4.78, 5) is 29.8. The van der Waals surface area contributed by atoms with Gasteiger partial charge in [0.15, 0.2) is 0 Å². The van der Waals surface area contributed by atoms with E-state index in [1.807, 2.05) is 44.2 Å². The number of sulfonamides is 1. The number of nitrogens with zero attached hydrogens (tertiary/aromatic N) is 2. The molecule has 0 fully saturated rings. The van der Waals surface area contributed by atoms with E-state index in [1.54, 1.807) is 60.7 Å². The highest BCUT2D eigenvalue weighted by Crippen LogP contribution is 2.29. The highest BCUT2D eigenvalue weighted by molar-refractivity contribution is 7.92. The Kier molecular flexibility index (Phi) is 12.1. The second-order valence-corrected chi connectivity index (χ2v) is 13.8. The van der Waals surface area contributed by atoms with Gasteiger partial charge >= 0.3 is 0 Å². The third-order valence-electron chi connectivity index (χ3n) is 7.32. The normalized spacial score (nSPS) is 12.0. The Morgan fingerprint density at radius 3 is 1.98 bits per heavy atom. The zero-order valence-corrected chi connectivity index (χ0v) is 28.2. The van der Waals surface area contributed by atoms with Crippen molar-refractivity contribution in [2.24, 2.45) is 5.92 Å². The molecular formula is C35H37Cl2N3O5S. The van der Waals surface area contributed by atoms with E-state index in [9.17, 15) is 18.0 Å². The molecule has 0 spiro atoms. The first kappa shape index (κ1) is 34.8. The average Bonchev–Trinajstić information content (AvgIpc) is 3.06. The molecule has 0 aliphatic heterocycles. The number of anilines is 1. The van der Waals surface area contributed by atoms with Crippen LogP contribution in [-0.4, -0.2) is 51.4 Å². The van der Waals surface area contributed by atoms with Crippen molar-refractivity contribution in [2.75, 3.05) is 24.5 Å². The van der Waals surface area contributed by atoms with Crippen LogP contribution >= 0.6 is 23.2 Å². The topological polar surface area (TPSA) is 96.0 Å². The summed E-state index contributed by atoms with van der Waals surface area (Å²) in [5, 5.41) is 3.59. The summed E-state index contributed by atoms with van der Waals surface area (Å²) in [6, 6.07) is 27.5. The lowest BCUT2D eigenvalue weighted by Gasteiger charge is -2.34. The molecule has 0 aliphatic rings. The molecular weight excluding hydrogens is 645 g/mol. The molecule has 2 amide bonds. The van der Waals surface area contributed by atoms with Gasteiger partial charge in [-0.3, -0.25) is 13.9 Å². The first-order chi connectivity index (χ1) is 22.0. The van der Waals surface area contributed by atoms with Crippen molar-refractivity contribution < 1.29 is 22.7 Å². The number of nitrogens with one attached hydrogen (secondary N) is 1. The standard InChI is InChI=1S/C35H37Cl2N3O5S/c1-25(2)22-38-35(42)33(21-26-11-6-4-7-12-26)39(23-30-31(36)15-10-16-32(30)37)34(41)24-40(27-17-19-28(45-3)20-18-27)46(43,44)29-13-8-5-9-14-29/h4-20,25,33H,21-24H2,1-3H3,(H,38,42)/t33-/m1/s1. The largest absolute Gasteiger partial charge is 0.497 e. The molecule has 0 aromatic heterocycles. The lowest BCUT2D eigenvalue weighted by atomic mass is 10.0. The van der Waals surface area contributed by atoms with Gasteiger partial charge in [0.05, 0.1) is 17.7 Å². The minimum absolute atomic E-state index is 0.00910. The Bertz CT molecular complexity index is 1700. The van der Waals surface area contributed by atoms with E-state index in [-0.39, 0.29) is 35.4 Å². The fraction of sp³-hybridized carbons (Fsp3) is 0.257. The average molecular weight is 683 g/mol. The third kappa shape index (κ3) is 8.81. The van der Waals surface area contributed by atoms with Gasteiger partial charge in [-0.15, -0.1) is 0 Å². The van der Waals surface area contributed by atoms with Crippen LogP contribution in [-0.2, 0) is 32.6 Å². The summed E-state index contributed by atoms with van der Waals surface area (Å²) in [5.74, 6) is -0.320. The fourth-order valence-corrected chi connectivity index (χ4v) is 6.78. The second kappa shape index (κ2) is 16.0. The summed E-state index contributed by atoms with van der Waals surface area (Å²) in [5.41, 5.74) is 1.51. The minimum Gasteiger partial charge on any atom is -0.497 e. The first-order valence-corrected chi connectivity index (χ1v) is 17.0. The zero-order valence-electron chi connectivity index (χ0n) is 25.9. The molecule has 0 bridgehead atoms. The van der Waals surface area contributed by atoms with Gasteiger partial charge in [0.2, 0.25) is 11.8 Å². The molecule has 8 nitrogen and oxygen atoms in total. The number of amides is 2. The molecule has 0 saturated heterocycles. The number of hydrogen-bond acceptors (Lipinski definition) is 5. The van der Waals surface area contributed by atoms with Crippen molar-refractivity contribution >= 4 is 50.7 Å². The van der Waals surface area contributed by atoms with Crippen LogP contribution in [0.2, 0.25) is 10.0 Å². The van der Waals surface area contributed by atoms with Crippen LogP contribution in [0.1, 0.15) is 25.0 Å². The van der Waals surface area contributed by atoms with E-state index < -0.39 is 28.5 Å². The van der Waals surface area contributed by atoms with Crippen LogP contribution in [0.4, 0.5) is 5.69 Å². The van der Waals surface area contributed by atoms with Crippen molar-refractivity contribution in [3.05, 3.63) is 124 Å². The van der Waals surface area contributed by atoms with Crippen LogP contribution in [0.5, 0.6) is 5.75 Å². The summed E-state index contributed by atoms with van der Waals surface area (Å²) < 4.78 is 34.5. The van der Waals surface area contributed by atoms with Gasteiger partial charge in [0, 0.05) is 35.1 Å².